The maximum Gasteiger partial charge on any atom is 0.151 e. The number of anilines is 2. The molecule has 2 aromatic heterocycles. The standard InChI is InChI=1S/C27H26FN5O3S/c1-16-11-18(33-37(2)19-5-8-29-9-6-19)13-21-25(16)27(31-15-30-21)32-20-4-3-17(28)12-23(20)36-24-14-35-22-7-10-34-26(22)24/h3-6,8-9,11-13,15,22,24,26H,7,10,14H2,1-2H3,(H,30,31,32). The van der Waals surface area contributed by atoms with Crippen molar-refractivity contribution in [2.75, 3.05) is 24.8 Å². The van der Waals surface area contributed by atoms with Crippen LogP contribution in [0.2, 0.25) is 0 Å². The molecule has 1 N–H and O–H groups in total. The molecule has 4 heterocycles. The number of ether oxygens (including phenoxy) is 3. The highest BCUT2D eigenvalue weighted by Gasteiger charge is 2.43. The number of nitrogens with one attached hydrogen (secondary N) is 1. The van der Waals surface area contributed by atoms with Crippen molar-refractivity contribution in [1.82, 2.24) is 15.0 Å². The zero-order valence-corrected chi connectivity index (χ0v) is 21.2. The van der Waals surface area contributed by atoms with Gasteiger partial charge in [-0.3, -0.25) is 4.98 Å². The van der Waals surface area contributed by atoms with Crippen molar-refractivity contribution in [1.29, 1.82) is 0 Å². The number of hydrogen-bond acceptors (Lipinski definition) is 8. The summed E-state index contributed by atoms with van der Waals surface area (Å²) in [5, 5.41) is 4.20. The number of aromatic nitrogens is 3. The molecule has 0 aliphatic carbocycles. The van der Waals surface area contributed by atoms with E-state index in [-0.39, 0.29) is 34.8 Å². The van der Waals surface area contributed by atoms with Gasteiger partial charge in [-0.05, 0) is 61.6 Å². The molecule has 2 aliphatic rings. The van der Waals surface area contributed by atoms with Gasteiger partial charge in [0, 0.05) is 35.3 Å². The minimum Gasteiger partial charge on any atom is -0.483 e. The third-order valence-electron chi connectivity index (χ3n) is 6.55. The molecule has 2 fully saturated rings. The van der Waals surface area contributed by atoms with Crippen LogP contribution in [0.15, 0.2) is 70.4 Å². The molecule has 0 amide bonds. The van der Waals surface area contributed by atoms with E-state index in [2.05, 4.69) is 26.5 Å². The average Bonchev–Trinajstić information content (AvgIpc) is 3.51. The summed E-state index contributed by atoms with van der Waals surface area (Å²) in [5.74, 6) is 0.600. The van der Waals surface area contributed by atoms with Crippen LogP contribution in [-0.2, 0) is 20.2 Å². The predicted octanol–water partition coefficient (Wildman–Crippen LogP) is 5.27. The van der Waals surface area contributed by atoms with Crippen molar-refractivity contribution in [2.45, 2.75) is 36.6 Å². The Kier molecular flexibility index (Phi) is 6.54. The van der Waals surface area contributed by atoms with Gasteiger partial charge in [0.05, 0.1) is 29.6 Å². The fourth-order valence-electron chi connectivity index (χ4n) is 4.79. The number of benzene rings is 2. The summed E-state index contributed by atoms with van der Waals surface area (Å²) in [6.45, 7) is 3.06. The average molecular weight is 520 g/mol. The first-order chi connectivity index (χ1) is 18.0. The molecule has 190 valence electrons. The maximum absolute atomic E-state index is 14.2. The number of nitrogens with zero attached hydrogens (tertiary/aromatic N) is 4. The van der Waals surface area contributed by atoms with Gasteiger partial charge in [-0.15, -0.1) is 0 Å². The van der Waals surface area contributed by atoms with Gasteiger partial charge < -0.3 is 19.5 Å². The van der Waals surface area contributed by atoms with Gasteiger partial charge in [-0.25, -0.2) is 18.7 Å². The van der Waals surface area contributed by atoms with Gasteiger partial charge in [-0.1, -0.05) is 10.7 Å². The molecule has 2 saturated heterocycles. The normalized spacial score (nSPS) is 21.8. The van der Waals surface area contributed by atoms with E-state index in [1.165, 1.54) is 18.5 Å². The lowest BCUT2D eigenvalue weighted by molar-refractivity contribution is 0.0310. The topological polar surface area (TPSA) is 90.8 Å². The van der Waals surface area contributed by atoms with Crippen LogP contribution in [0.3, 0.4) is 0 Å². The summed E-state index contributed by atoms with van der Waals surface area (Å²) in [7, 11) is -0.329. The Hall–Kier alpha value is -3.47. The summed E-state index contributed by atoms with van der Waals surface area (Å²) in [6.07, 6.45) is 7.57. The first kappa shape index (κ1) is 23.9. The second kappa shape index (κ2) is 10.1. The van der Waals surface area contributed by atoms with Crippen molar-refractivity contribution in [2.24, 2.45) is 4.36 Å². The molecule has 0 saturated carbocycles. The molecule has 10 heteroatoms. The highest BCUT2D eigenvalue weighted by Crippen LogP contribution is 2.36. The van der Waals surface area contributed by atoms with Crippen molar-refractivity contribution in [3.63, 3.8) is 0 Å². The summed E-state index contributed by atoms with van der Waals surface area (Å²) >= 11 is 0. The molecule has 8 nitrogen and oxygen atoms in total. The largest absolute Gasteiger partial charge is 0.483 e. The quantitative estimate of drug-likeness (QED) is 0.371. The van der Waals surface area contributed by atoms with Gasteiger partial charge in [0.25, 0.3) is 0 Å². The van der Waals surface area contributed by atoms with E-state index in [0.29, 0.717) is 30.5 Å². The summed E-state index contributed by atoms with van der Waals surface area (Å²) in [4.78, 5) is 14.2. The minimum atomic E-state index is -0.387. The summed E-state index contributed by atoms with van der Waals surface area (Å²) in [5.41, 5.74) is 3.18. The van der Waals surface area contributed by atoms with Crippen molar-refractivity contribution >= 4 is 38.8 Å². The van der Waals surface area contributed by atoms with Gasteiger partial charge >= 0.3 is 0 Å². The van der Waals surface area contributed by atoms with E-state index in [9.17, 15) is 4.39 Å². The molecule has 4 unspecified atom stereocenters. The van der Waals surface area contributed by atoms with Crippen LogP contribution in [0.1, 0.15) is 12.0 Å². The molecule has 4 atom stereocenters. The number of pyridine rings is 1. The van der Waals surface area contributed by atoms with Crippen LogP contribution >= 0.6 is 0 Å². The molecule has 0 spiro atoms. The van der Waals surface area contributed by atoms with Crippen LogP contribution in [0, 0.1) is 12.7 Å². The van der Waals surface area contributed by atoms with E-state index in [4.69, 9.17) is 18.6 Å². The van der Waals surface area contributed by atoms with Crippen LogP contribution < -0.4 is 10.1 Å². The van der Waals surface area contributed by atoms with Crippen LogP contribution in [0.25, 0.3) is 10.9 Å². The van der Waals surface area contributed by atoms with Crippen molar-refractivity contribution < 1.29 is 18.6 Å². The molecule has 0 radical (unpaired) electrons. The second-order valence-corrected chi connectivity index (χ2v) is 10.7. The Labute approximate surface area is 216 Å². The van der Waals surface area contributed by atoms with Crippen LogP contribution in [-0.4, -0.2) is 52.7 Å². The first-order valence-electron chi connectivity index (χ1n) is 12.0. The maximum atomic E-state index is 14.2. The number of fused-ring (bicyclic) bond motifs is 2. The minimum absolute atomic E-state index is 0.0323. The second-order valence-electron chi connectivity index (χ2n) is 9.05. The van der Waals surface area contributed by atoms with E-state index in [1.807, 2.05) is 31.2 Å². The molecular weight excluding hydrogens is 493 g/mol. The third kappa shape index (κ3) is 4.92. The number of rotatable bonds is 6. The van der Waals surface area contributed by atoms with E-state index in [1.54, 1.807) is 18.5 Å². The summed E-state index contributed by atoms with van der Waals surface area (Å²) in [6, 6.07) is 12.3. The molecule has 2 aliphatic heterocycles. The van der Waals surface area contributed by atoms with Crippen LogP contribution in [0.4, 0.5) is 21.6 Å². The fraction of sp³-hybridized carbons (Fsp3) is 0.296. The molecular formula is C27H26FN5O3S. The Bertz CT molecular complexity index is 1490. The van der Waals surface area contributed by atoms with E-state index >= 15 is 0 Å². The lowest BCUT2D eigenvalue weighted by atomic mass is 10.1. The Morgan fingerprint density at radius 2 is 1.97 bits per heavy atom. The van der Waals surface area contributed by atoms with Crippen molar-refractivity contribution in [3.8, 4) is 5.75 Å². The molecule has 37 heavy (non-hydrogen) atoms. The first-order valence-corrected chi connectivity index (χ1v) is 13.6. The Morgan fingerprint density at radius 3 is 2.84 bits per heavy atom. The lowest BCUT2D eigenvalue weighted by Gasteiger charge is -2.21. The van der Waals surface area contributed by atoms with E-state index < -0.39 is 0 Å². The van der Waals surface area contributed by atoms with Crippen molar-refractivity contribution in [3.05, 3.63) is 72.6 Å². The van der Waals surface area contributed by atoms with Gasteiger partial charge in [0.2, 0.25) is 0 Å². The number of aryl methyl sites for hydroxylation is 1. The number of halogens is 1. The zero-order valence-electron chi connectivity index (χ0n) is 20.4. The monoisotopic (exact) mass is 519 g/mol. The molecule has 6 rings (SSSR count). The smallest absolute Gasteiger partial charge is 0.151 e. The van der Waals surface area contributed by atoms with Crippen LogP contribution in [0.5, 0.6) is 5.75 Å². The Balaban J connectivity index is 1.31. The lowest BCUT2D eigenvalue weighted by Crippen LogP contribution is -2.32. The van der Waals surface area contributed by atoms with E-state index in [0.717, 1.165) is 33.5 Å². The van der Waals surface area contributed by atoms with Gasteiger partial charge in [0.1, 0.15) is 29.8 Å². The highest BCUT2D eigenvalue weighted by molar-refractivity contribution is 7.86. The SMILES string of the molecule is Cc1cc(/N=S(/C)c2ccncc2)cc2ncnc(Nc3ccc(F)cc3OC3COC4CCOC43)c12. The van der Waals surface area contributed by atoms with Gasteiger partial charge in [-0.2, -0.15) is 0 Å². The third-order valence-corrected chi connectivity index (χ3v) is 7.99. The number of hydrogen-bond donors (Lipinski definition) is 1. The summed E-state index contributed by atoms with van der Waals surface area (Å²) < 4.78 is 36.9. The zero-order chi connectivity index (χ0) is 25.4. The predicted molar refractivity (Wildman–Crippen MR) is 140 cm³/mol. The van der Waals surface area contributed by atoms with Gasteiger partial charge in [0.15, 0.2) is 6.10 Å². The fourth-order valence-corrected chi connectivity index (χ4v) is 5.83. The Morgan fingerprint density at radius 1 is 1.11 bits per heavy atom. The molecule has 4 aromatic rings. The highest BCUT2D eigenvalue weighted by atomic mass is 32.2. The molecule has 0 bridgehead atoms. The molecule has 2 aromatic carbocycles.